The highest BCUT2D eigenvalue weighted by atomic mass is 16.5. The topological polar surface area (TPSA) is 42.4 Å². The number of ether oxygens (including phenoxy) is 1. The van der Waals surface area contributed by atoms with Gasteiger partial charge in [-0.1, -0.05) is 60.7 Å². The average Bonchev–Trinajstić information content (AvgIpc) is 2.66. The third kappa shape index (κ3) is 2.42. The molecule has 0 saturated carbocycles. The summed E-state index contributed by atoms with van der Waals surface area (Å²) in [7, 11) is 1.76. The van der Waals surface area contributed by atoms with Crippen LogP contribution in [-0.2, 0) is 4.79 Å². The second-order valence-electron chi connectivity index (χ2n) is 5.72. The highest BCUT2D eigenvalue weighted by Crippen LogP contribution is 2.38. The minimum atomic E-state index is -0.654. The minimum Gasteiger partial charge on any atom is -0.458 e. The summed E-state index contributed by atoms with van der Waals surface area (Å²) < 4.78 is 5.89. The molecule has 1 aromatic heterocycles. The highest BCUT2D eigenvalue weighted by Gasteiger charge is 2.34. The molecule has 4 nitrogen and oxygen atoms in total. The molecule has 1 unspecified atom stereocenters. The number of benzene rings is 2. The first-order chi connectivity index (χ1) is 11.7. The molecule has 3 aromatic rings. The Balaban J connectivity index is 1.74. The molecular weight excluding hydrogens is 300 g/mol. The second kappa shape index (κ2) is 5.81. The molecule has 1 amide bonds. The number of anilines is 1. The zero-order valence-electron chi connectivity index (χ0n) is 13.2. The highest BCUT2D eigenvalue weighted by molar-refractivity contribution is 6.00. The summed E-state index contributed by atoms with van der Waals surface area (Å²) in [5.74, 6) is 0.381. The molecule has 1 aliphatic heterocycles. The van der Waals surface area contributed by atoms with Crippen LogP contribution < -0.4 is 9.64 Å². The van der Waals surface area contributed by atoms with Crippen LogP contribution in [0, 0.1) is 0 Å². The Bertz CT molecular complexity index is 879. The van der Waals surface area contributed by atoms with Gasteiger partial charge in [0.1, 0.15) is 5.69 Å². The quantitative estimate of drug-likeness (QED) is 0.721. The maximum atomic E-state index is 12.7. The predicted octanol–water partition coefficient (Wildman–Crippen LogP) is 3.85. The van der Waals surface area contributed by atoms with Gasteiger partial charge in [0.05, 0.1) is 0 Å². The van der Waals surface area contributed by atoms with Crippen LogP contribution in [-0.4, -0.2) is 17.9 Å². The molecule has 0 bridgehead atoms. The third-order valence-corrected chi connectivity index (χ3v) is 4.19. The summed E-state index contributed by atoms with van der Waals surface area (Å²) in [5.41, 5.74) is 3.53. The van der Waals surface area contributed by atoms with E-state index in [4.69, 9.17) is 4.74 Å². The lowest BCUT2D eigenvalue weighted by atomic mass is 10.0. The van der Waals surface area contributed by atoms with Crippen LogP contribution in [0.15, 0.2) is 72.9 Å². The molecule has 1 atom stereocenters. The van der Waals surface area contributed by atoms with Crippen molar-refractivity contribution in [1.82, 2.24) is 4.98 Å². The number of carbonyl (C=O) groups is 1. The van der Waals surface area contributed by atoms with Crippen LogP contribution in [0.2, 0.25) is 0 Å². The van der Waals surface area contributed by atoms with Gasteiger partial charge in [0.15, 0.2) is 0 Å². The van der Waals surface area contributed by atoms with Gasteiger partial charge >= 0.3 is 0 Å². The Morgan fingerprint density at radius 1 is 0.958 bits per heavy atom. The molecule has 1 aliphatic rings. The largest absolute Gasteiger partial charge is 0.458 e. The van der Waals surface area contributed by atoms with Gasteiger partial charge in [0.2, 0.25) is 12.0 Å². The van der Waals surface area contributed by atoms with Crippen molar-refractivity contribution >= 4 is 11.6 Å². The smallest absolute Gasteiger partial charge is 0.272 e. The number of hydrogen-bond donors (Lipinski definition) is 0. The van der Waals surface area contributed by atoms with Crippen molar-refractivity contribution in [2.75, 3.05) is 11.9 Å². The van der Waals surface area contributed by atoms with Gasteiger partial charge in [-0.2, -0.15) is 0 Å². The van der Waals surface area contributed by atoms with E-state index in [9.17, 15) is 4.79 Å². The molecule has 0 spiro atoms. The van der Waals surface area contributed by atoms with Crippen molar-refractivity contribution in [2.45, 2.75) is 6.10 Å². The molecule has 4 heteroatoms. The van der Waals surface area contributed by atoms with E-state index in [0.29, 0.717) is 11.6 Å². The number of hydrogen-bond acceptors (Lipinski definition) is 3. The second-order valence-corrected chi connectivity index (χ2v) is 5.72. The summed E-state index contributed by atoms with van der Waals surface area (Å²) >= 11 is 0. The van der Waals surface area contributed by atoms with Crippen LogP contribution in [0.25, 0.3) is 11.1 Å². The number of likely N-dealkylation sites (N-methyl/N-ethyl adjacent to an activating group) is 1. The molecule has 0 radical (unpaired) electrons. The molecule has 0 saturated heterocycles. The van der Waals surface area contributed by atoms with Crippen LogP contribution >= 0.6 is 0 Å². The van der Waals surface area contributed by atoms with Crippen molar-refractivity contribution < 1.29 is 9.53 Å². The number of carbonyl (C=O) groups excluding carboxylic acids is 1. The van der Waals surface area contributed by atoms with Gasteiger partial charge in [-0.3, -0.25) is 4.79 Å². The SMILES string of the molecule is CN1C(=O)C(c2ccccc2)Oc2ncc(-c3ccccc3)cc21. The zero-order valence-corrected chi connectivity index (χ0v) is 13.2. The molecule has 2 aromatic carbocycles. The molecule has 0 fully saturated rings. The van der Waals surface area contributed by atoms with Gasteiger partial charge in [-0.15, -0.1) is 0 Å². The minimum absolute atomic E-state index is 0.0966. The van der Waals surface area contributed by atoms with Gasteiger partial charge < -0.3 is 9.64 Å². The van der Waals surface area contributed by atoms with E-state index in [1.165, 1.54) is 0 Å². The Morgan fingerprint density at radius 3 is 2.33 bits per heavy atom. The summed E-state index contributed by atoms with van der Waals surface area (Å²) in [4.78, 5) is 18.8. The fraction of sp³-hybridized carbons (Fsp3) is 0.100. The van der Waals surface area contributed by atoms with E-state index < -0.39 is 6.10 Å². The van der Waals surface area contributed by atoms with Crippen LogP contribution in [0.4, 0.5) is 5.69 Å². The first-order valence-electron chi connectivity index (χ1n) is 7.78. The average molecular weight is 316 g/mol. The van der Waals surface area contributed by atoms with E-state index in [1.54, 1.807) is 18.1 Å². The summed E-state index contributed by atoms with van der Waals surface area (Å²) in [6.45, 7) is 0. The van der Waals surface area contributed by atoms with Crippen molar-refractivity contribution in [1.29, 1.82) is 0 Å². The third-order valence-electron chi connectivity index (χ3n) is 4.19. The van der Waals surface area contributed by atoms with E-state index in [0.717, 1.165) is 16.7 Å². The monoisotopic (exact) mass is 316 g/mol. The van der Waals surface area contributed by atoms with E-state index >= 15 is 0 Å². The summed E-state index contributed by atoms with van der Waals surface area (Å²) in [6.07, 6.45) is 1.12. The normalized spacial score (nSPS) is 16.5. The van der Waals surface area contributed by atoms with E-state index in [2.05, 4.69) is 4.98 Å². The van der Waals surface area contributed by atoms with Crippen LogP contribution in [0.5, 0.6) is 5.88 Å². The maximum absolute atomic E-state index is 12.7. The lowest BCUT2D eigenvalue weighted by Gasteiger charge is -2.31. The molecule has 118 valence electrons. The lowest BCUT2D eigenvalue weighted by Crippen LogP contribution is -2.38. The predicted molar refractivity (Wildman–Crippen MR) is 92.9 cm³/mol. The number of aromatic nitrogens is 1. The zero-order chi connectivity index (χ0) is 16.5. The molecule has 4 rings (SSSR count). The number of rotatable bonds is 2. The lowest BCUT2D eigenvalue weighted by molar-refractivity contribution is -0.126. The number of pyridine rings is 1. The molecular formula is C20H16N2O2. The van der Waals surface area contributed by atoms with Gasteiger partial charge in [-0.25, -0.2) is 4.98 Å². The van der Waals surface area contributed by atoms with E-state index in [1.807, 2.05) is 66.7 Å². The van der Waals surface area contributed by atoms with Crippen LogP contribution in [0.1, 0.15) is 11.7 Å². The first kappa shape index (κ1) is 14.5. The molecule has 0 N–H and O–H groups in total. The standard InChI is InChI=1S/C20H16N2O2/c1-22-17-12-16(14-8-4-2-5-9-14)13-21-19(17)24-18(20(22)23)15-10-6-3-7-11-15/h2-13,18H,1H3. The Hall–Kier alpha value is -3.14. The number of amides is 1. The fourth-order valence-electron chi connectivity index (χ4n) is 2.86. The van der Waals surface area contributed by atoms with Gasteiger partial charge in [-0.05, 0) is 11.6 Å². The van der Waals surface area contributed by atoms with Gasteiger partial charge in [0.25, 0.3) is 5.91 Å². The Kier molecular flexibility index (Phi) is 3.50. The maximum Gasteiger partial charge on any atom is 0.272 e. The molecule has 2 heterocycles. The summed E-state index contributed by atoms with van der Waals surface area (Å²) in [6, 6.07) is 21.4. The van der Waals surface area contributed by atoms with Crippen molar-refractivity contribution in [3.05, 3.63) is 78.5 Å². The van der Waals surface area contributed by atoms with Crippen molar-refractivity contribution in [2.24, 2.45) is 0 Å². The summed E-state index contributed by atoms with van der Waals surface area (Å²) in [5, 5.41) is 0. The van der Waals surface area contributed by atoms with E-state index in [-0.39, 0.29) is 5.91 Å². The van der Waals surface area contributed by atoms with Crippen LogP contribution in [0.3, 0.4) is 0 Å². The molecule has 0 aliphatic carbocycles. The van der Waals surface area contributed by atoms with Crippen molar-refractivity contribution in [3.8, 4) is 17.0 Å². The Morgan fingerprint density at radius 2 is 1.62 bits per heavy atom. The number of fused-ring (bicyclic) bond motifs is 1. The first-order valence-corrected chi connectivity index (χ1v) is 7.78. The fourth-order valence-corrected chi connectivity index (χ4v) is 2.86. The molecule has 24 heavy (non-hydrogen) atoms. The number of nitrogens with zero attached hydrogens (tertiary/aromatic N) is 2. The van der Waals surface area contributed by atoms with Crippen molar-refractivity contribution in [3.63, 3.8) is 0 Å². The Labute approximate surface area is 140 Å². The van der Waals surface area contributed by atoms with Gasteiger partial charge in [0, 0.05) is 24.4 Å².